The van der Waals surface area contributed by atoms with Crippen LogP contribution in [-0.4, -0.2) is 33.5 Å². The molecule has 4 aromatic rings. The van der Waals surface area contributed by atoms with Crippen molar-refractivity contribution in [3.05, 3.63) is 88.9 Å². The summed E-state index contributed by atoms with van der Waals surface area (Å²) in [4.78, 5) is 33.3. The van der Waals surface area contributed by atoms with E-state index in [0.29, 0.717) is 23.5 Å². The monoisotopic (exact) mass is 432 g/mol. The molecule has 1 aromatic carbocycles. The standard InChI is InChI=1S/C23H20N4O3S/c1-15-10-20(21(28)25-18-7-5-16(6-8-18)23(29)30-2)27(12-15)13-19-14-31-22(26-19)17-4-3-9-24-11-17/h3-12,14H,13H2,1-2H3,(H,25,28). The molecule has 0 spiro atoms. The highest BCUT2D eigenvalue weighted by molar-refractivity contribution is 7.13. The normalized spacial score (nSPS) is 10.6. The predicted octanol–water partition coefficient (Wildman–Crippen LogP) is 4.40. The molecule has 1 amide bonds. The molecule has 4 rings (SSSR count). The fourth-order valence-corrected chi connectivity index (χ4v) is 3.96. The Hall–Kier alpha value is -3.78. The summed E-state index contributed by atoms with van der Waals surface area (Å²) < 4.78 is 6.58. The molecule has 8 heteroatoms. The summed E-state index contributed by atoms with van der Waals surface area (Å²) in [6.45, 7) is 2.43. The number of hydrogen-bond acceptors (Lipinski definition) is 6. The topological polar surface area (TPSA) is 86.1 Å². The maximum atomic E-state index is 12.9. The van der Waals surface area contributed by atoms with Gasteiger partial charge >= 0.3 is 5.97 Å². The third kappa shape index (κ3) is 4.70. The van der Waals surface area contributed by atoms with Crippen molar-refractivity contribution < 1.29 is 14.3 Å². The highest BCUT2D eigenvalue weighted by Crippen LogP contribution is 2.24. The van der Waals surface area contributed by atoms with E-state index in [2.05, 4.69) is 15.3 Å². The Labute approximate surface area is 183 Å². The molecular formula is C23H20N4O3S. The number of hydrogen-bond donors (Lipinski definition) is 1. The number of esters is 1. The van der Waals surface area contributed by atoms with E-state index in [1.165, 1.54) is 7.11 Å². The summed E-state index contributed by atoms with van der Waals surface area (Å²) in [5.74, 6) is -0.655. The Morgan fingerprint density at radius 2 is 2.00 bits per heavy atom. The number of carbonyl (C=O) groups is 2. The van der Waals surface area contributed by atoms with E-state index in [4.69, 9.17) is 4.74 Å². The van der Waals surface area contributed by atoms with Crippen molar-refractivity contribution in [2.75, 3.05) is 12.4 Å². The van der Waals surface area contributed by atoms with Crippen LogP contribution in [0.5, 0.6) is 0 Å². The van der Waals surface area contributed by atoms with Crippen LogP contribution in [0.3, 0.4) is 0 Å². The van der Waals surface area contributed by atoms with Gasteiger partial charge in [-0.1, -0.05) is 0 Å². The maximum absolute atomic E-state index is 12.9. The molecule has 0 aliphatic heterocycles. The van der Waals surface area contributed by atoms with Gasteiger partial charge in [-0.3, -0.25) is 9.78 Å². The molecule has 0 aliphatic carbocycles. The van der Waals surface area contributed by atoms with Crippen molar-refractivity contribution in [1.29, 1.82) is 0 Å². The summed E-state index contributed by atoms with van der Waals surface area (Å²) in [7, 11) is 1.33. The molecule has 7 nitrogen and oxygen atoms in total. The number of nitrogens with one attached hydrogen (secondary N) is 1. The van der Waals surface area contributed by atoms with Gasteiger partial charge in [0.15, 0.2) is 0 Å². The molecule has 0 fully saturated rings. The maximum Gasteiger partial charge on any atom is 0.337 e. The van der Waals surface area contributed by atoms with E-state index in [0.717, 1.165) is 21.8 Å². The summed E-state index contributed by atoms with van der Waals surface area (Å²) in [6, 6.07) is 12.3. The SMILES string of the molecule is COC(=O)c1ccc(NC(=O)c2cc(C)cn2Cc2csc(-c3cccnc3)n2)cc1. The quantitative estimate of drug-likeness (QED) is 0.456. The van der Waals surface area contributed by atoms with Crippen LogP contribution < -0.4 is 5.32 Å². The van der Waals surface area contributed by atoms with Gasteiger partial charge in [-0.25, -0.2) is 9.78 Å². The second-order valence-corrected chi connectivity index (χ2v) is 7.80. The van der Waals surface area contributed by atoms with Crippen LogP contribution in [-0.2, 0) is 11.3 Å². The predicted molar refractivity (Wildman–Crippen MR) is 119 cm³/mol. The van der Waals surface area contributed by atoms with Gasteiger partial charge in [0.1, 0.15) is 10.7 Å². The van der Waals surface area contributed by atoms with Crippen LogP contribution in [0.1, 0.15) is 32.1 Å². The Morgan fingerprint density at radius 1 is 1.19 bits per heavy atom. The zero-order chi connectivity index (χ0) is 21.8. The molecule has 0 aliphatic rings. The van der Waals surface area contributed by atoms with Crippen molar-refractivity contribution in [3.63, 3.8) is 0 Å². The molecule has 0 saturated heterocycles. The van der Waals surface area contributed by atoms with Crippen LogP contribution in [0.4, 0.5) is 5.69 Å². The number of ether oxygens (including phenoxy) is 1. The number of amides is 1. The van der Waals surface area contributed by atoms with Gasteiger partial charge in [0.05, 0.1) is 24.9 Å². The molecule has 31 heavy (non-hydrogen) atoms. The van der Waals surface area contributed by atoms with E-state index >= 15 is 0 Å². The molecule has 0 atom stereocenters. The van der Waals surface area contributed by atoms with Crippen LogP contribution in [0.15, 0.2) is 66.4 Å². The minimum Gasteiger partial charge on any atom is -0.465 e. The second kappa shape index (κ2) is 8.93. The number of anilines is 1. The summed E-state index contributed by atoms with van der Waals surface area (Å²) >= 11 is 1.55. The van der Waals surface area contributed by atoms with E-state index in [1.807, 2.05) is 41.3 Å². The number of aromatic nitrogens is 3. The zero-order valence-electron chi connectivity index (χ0n) is 17.0. The van der Waals surface area contributed by atoms with Crippen molar-refractivity contribution in [2.24, 2.45) is 0 Å². The van der Waals surface area contributed by atoms with Crippen LogP contribution >= 0.6 is 11.3 Å². The number of rotatable bonds is 6. The first-order chi connectivity index (χ1) is 15.0. The number of aryl methyl sites for hydroxylation is 1. The third-order valence-corrected chi connectivity index (χ3v) is 5.56. The lowest BCUT2D eigenvalue weighted by atomic mass is 10.2. The Bertz CT molecular complexity index is 1210. The fraction of sp³-hybridized carbons (Fsp3) is 0.130. The fourth-order valence-electron chi connectivity index (χ4n) is 3.16. The van der Waals surface area contributed by atoms with Gasteiger partial charge in [0.2, 0.25) is 0 Å². The van der Waals surface area contributed by atoms with Gasteiger partial charge in [-0.05, 0) is 55.0 Å². The van der Waals surface area contributed by atoms with Gasteiger partial charge in [-0.15, -0.1) is 11.3 Å². The molecule has 1 N–H and O–H groups in total. The lowest BCUT2D eigenvalue weighted by Gasteiger charge is -2.09. The molecule has 3 heterocycles. The second-order valence-electron chi connectivity index (χ2n) is 6.94. The first-order valence-corrected chi connectivity index (χ1v) is 10.4. The minimum absolute atomic E-state index is 0.235. The average Bonchev–Trinajstić information content (AvgIpc) is 3.41. The molecule has 0 radical (unpaired) electrons. The van der Waals surface area contributed by atoms with Gasteiger partial charge in [-0.2, -0.15) is 0 Å². The molecule has 0 unspecified atom stereocenters. The number of thiazole rings is 1. The van der Waals surface area contributed by atoms with E-state index in [-0.39, 0.29) is 5.91 Å². The lowest BCUT2D eigenvalue weighted by molar-refractivity contribution is 0.0600. The number of methoxy groups -OCH3 is 1. The Morgan fingerprint density at radius 3 is 2.71 bits per heavy atom. The van der Waals surface area contributed by atoms with E-state index in [1.54, 1.807) is 48.0 Å². The first kappa shape index (κ1) is 20.5. The minimum atomic E-state index is -0.420. The Balaban J connectivity index is 1.50. The van der Waals surface area contributed by atoms with E-state index < -0.39 is 5.97 Å². The molecule has 0 bridgehead atoms. The van der Waals surface area contributed by atoms with Gasteiger partial charge in [0.25, 0.3) is 5.91 Å². The number of benzene rings is 1. The largest absolute Gasteiger partial charge is 0.465 e. The van der Waals surface area contributed by atoms with Crippen molar-refractivity contribution >= 4 is 28.9 Å². The highest BCUT2D eigenvalue weighted by Gasteiger charge is 2.15. The van der Waals surface area contributed by atoms with Crippen molar-refractivity contribution in [1.82, 2.24) is 14.5 Å². The van der Waals surface area contributed by atoms with Crippen LogP contribution in [0, 0.1) is 6.92 Å². The summed E-state index contributed by atoms with van der Waals surface area (Å²) in [5, 5.41) is 5.76. The molecule has 156 valence electrons. The van der Waals surface area contributed by atoms with Gasteiger partial charge < -0.3 is 14.6 Å². The summed E-state index contributed by atoms with van der Waals surface area (Å²) in [6.07, 6.45) is 5.44. The van der Waals surface area contributed by atoms with Crippen molar-refractivity contribution in [2.45, 2.75) is 13.5 Å². The van der Waals surface area contributed by atoms with Crippen LogP contribution in [0.2, 0.25) is 0 Å². The van der Waals surface area contributed by atoms with E-state index in [9.17, 15) is 9.59 Å². The molecule has 3 aromatic heterocycles. The lowest BCUT2D eigenvalue weighted by Crippen LogP contribution is -2.17. The third-order valence-electron chi connectivity index (χ3n) is 4.62. The zero-order valence-corrected chi connectivity index (χ0v) is 17.8. The highest BCUT2D eigenvalue weighted by atomic mass is 32.1. The first-order valence-electron chi connectivity index (χ1n) is 9.55. The molecular weight excluding hydrogens is 412 g/mol. The van der Waals surface area contributed by atoms with Crippen LogP contribution in [0.25, 0.3) is 10.6 Å². The van der Waals surface area contributed by atoms with Crippen molar-refractivity contribution in [3.8, 4) is 10.6 Å². The van der Waals surface area contributed by atoms with Gasteiger partial charge in [0, 0.05) is 35.2 Å². The number of nitrogens with zero attached hydrogens (tertiary/aromatic N) is 3. The number of pyridine rings is 1. The molecule has 0 saturated carbocycles. The smallest absolute Gasteiger partial charge is 0.337 e. The summed E-state index contributed by atoms with van der Waals surface area (Å²) in [5.41, 5.74) is 4.37. The number of carbonyl (C=O) groups excluding carboxylic acids is 2. The Kier molecular flexibility index (Phi) is 5.90. The average molecular weight is 433 g/mol.